The van der Waals surface area contributed by atoms with Crippen molar-refractivity contribution in [3.8, 4) is 5.75 Å². The standard InChI is InChI=1S/C20H22O4/c1-20(16-8-10-17(22-2)11-9-16)12-18(24-19(20)21)14-23-13-15-6-4-3-5-7-15/h3-11,18H,12-14H2,1-2H3/t18-,20+/m1/s1. The molecule has 0 N–H and O–H groups in total. The van der Waals surface area contributed by atoms with Crippen LogP contribution in [0, 0.1) is 0 Å². The lowest BCUT2D eigenvalue weighted by atomic mass is 9.80. The van der Waals surface area contributed by atoms with Crippen LogP contribution in [-0.4, -0.2) is 25.8 Å². The van der Waals surface area contributed by atoms with Crippen LogP contribution in [0.15, 0.2) is 54.6 Å². The lowest BCUT2D eigenvalue weighted by molar-refractivity contribution is -0.147. The van der Waals surface area contributed by atoms with E-state index in [1.807, 2.05) is 61.5 Å². The lowest BCUT2D eigenvalue weighted by Gasteiger charge is -2.19. The first-order chi connectivity index (χ1) is 11.6. The van der Waals surface area contributed by atoms with E-state index in [0.29, 0.717) is 19.6 Å². The molecule has 3 rings (SSSR count). The van der Waals surface area contributed by atoms with Gasteiger partial charge < -0.3 is 14.2 Å². The molecule has 0 amide bonds. The largest absolute Gasteiger partial charge is 0.497 e. The van der Waals surface area contributed by atoms with Gasteiger partial charge in [0.15, 0.2) is 0 Å². The highest BCUT2D eigenvalue weighted by Crippen LogP contribution is 2.38. The Labute approximate surface area is 142 Å². The van der Waals surface area contributed by atoms with E-state index in [9.17, 15) is 4.79 Å². The van der Waals surface area contributed by atoms with Crippen LogP contribution in [0.1, 0.15) is 24.5 Å². The molecule has 2 aromatic carbocycles. The highest BCUT2D eigenvalue weighted by atomic mass is 16.6. The fraction of sp³-hybridized carbons (Fsp3) is 0.350. The smallest absolute Gasteiger partial charge is 0.316 e. The van der Waals surface area contributed by atoms with Gasteiger partial charge in [-0.2, -0.15) is 0 Å². The summed E-state index contributed by atoms with van der Waals surface area (Å²) in [6.07, 6.45) is 0.403. The Bertz CT molecular complexity index is 681. The maximum absolute atomic E-state index is 12.4. The van der Waals surface area contributed by atoms with Crippen molar-refractivity contribution in [1.82, 2.24) is 0 Å². The van der Waals surface area contributed by atoms with Gasteiger partial charge in [-0.25, -0.2) is 0 Å². The van der Waals surface area contributed by atoms with Crippen molar-refractivity contribution in [3.05, 3.63) is 65.7 Å². The fourth-order valence-corrected chi connectivity index (χ4v) is 3.03. The average Bonchev–Trinajstić information content (AvgIpc) is 2.91. The van der Waals surface area contributed by atoms with Gasteiger partial charge in [0.25, 0.3) is 0 Å². The summed E-state index contributed by atoms with van der Waals surface area (Å²) >= 11 is 0. The van der Waals surface area contributed by atoms with Gasteiger partial charge in [0.1, 0.15) is 11.9 Å². The van der Waals surface area contributed by atoms with E-state index >= 15 is 0 Å². The van der Waals surface area contributed by atoms with E-state index < -0.39 is 5.41 Å². The minimum Gasteiger partial charge on any atom is -0.497 e. The monoisotopic (exact) mass is 326 g/mol. The minimum absolute atomic E-state index is 0.194. The van der Waals surface area contributed by atoms with Gasteiger partial charge in [-0.1, -0.05) is 42.5 Å². The Hall–Kier alpha value is -2.33. The predicted octanol–water partition coefficient (Wildman–Crippen LogP) is 3.49. The van der Waals surface area contributed by atoms with E-state index in [1.165, 1.54) is 0 Å². The minimum atomic E-state index is -0.632. The van der Waals surface area contributed by atoms with Crippen LogP contribution in [-0.2, 0) is 26.3 Å². The number of benzene rings is 2. The molecule has 2 atom stereocenters. The van der Waals surface area contributed by atoms with Crippen LogP contribution < -0.4 is 4.74 Å². The van der Waals surface area contributed by atoms with Crippen molar-refractivity contribution in [2.45, 2.75) is 31.5 Å². The number of hydrogen-bond donors (Lipinski definition) is 0. The van der Waals surface area contributed by atoms with Gasteiger partial charge in [-0.05, 0) is 30.2 Å². The second-order valence-electron chi connectivity index (χ2n) is 6.29. The molecule has 4 nitrogen and oxygen atoms in total. The molecule has 1 aliphatic rings. The van der Waals surface area contributed by atoms with Crippen LogP contribution in [0.4, 0.5) is 0 Å². The van der Waals surface area contributed by atoms with Crippen LogP contribution in [0.5, 0.6) is 5.75 Å². The molecule has 1 saturated heterocycles. The first-order valence-corrected chi connectivity index (χ1v) is 8.09. The number of ether oxygens (including phenoxy) is 3. The van der Waals surface area contributed by atoms with Gasteiger partial charge in [0.05, 0.1) is 25.7 Å². The molecule has 0 radical (unpaired) electrons. The topological polar surface area (TPSA) is 44.8 Å². The van der Waals surface area contributed by atoms with Crippen LogP contribution >= 0.6 is 0 Å². The highest BCUT2D eigenvalue weighted by Gasteiger charge is 2.46. The van der Waals surface area contributed by atoms with E-state index in [-0.39, 0.29) is 12.1 Å². The molecule has 0 spiro atoms. The van der Waals surface area contributed by atoms with E-state index in [2.05, 4.69) is 0 Å². The summed E-state index contributed by atoms with van der Waals surface area (Å²) in [6, 6.07) is 17.6. The number of esters is 1. The van der Waals surface area contributed by atoms with E-state index in [0.717, 1.165) is 16.9 Å². The molecule has 1 aliphatic heterocycles. The first kappa shape index (κ1) is 16.5. The zero-order chi connectivity index (χ0) is 17.0. The number of methoxy groups -OCH3 is 1. The lowest BCUT2D eigenvalue weighted by Crippen LogP contribution is -2.27. The maximum atomic E-state index is 12.4. The Kier molecular flexibility index (Phi) is 4.86. The first-order valence-electron chi connectivity index (χ1n) is 8.09. The van der Waals surface area contributed by atoms with Gasteiger partial charge >= 0.3 is 5.97 Å². The van der Waals surface area contributed by atoms with Crippen molar-refractivity contribution in [2.24, 2.45) is 0 Å². The van der Waals surface area contributed by atoms with E-state index in [1.54, 1.807) is 7.11 Å². The van der Waals surface area contributed by atoms with Crippen molar-refractivity contribution >= 4 is 5.97 Å². The Morgan fingerprint density at radius 1 is 1.12 bits per heavy atom. The fourth-order valence-electron chi connectivity index (χ4n) is 3.03. The molecule has 4 heteroatoms. The molecule has 0 saturated carbocycles. The molecular weight excluding hydrogens is 304 g/mol. The number of carbonyl (C=O) groups excluding carboxylic acids is 1. The number of cyclic esters (lactones) is 1. The molecule has 1 heterocycles. The summed E-state index contributed by atoms with van der Waals surface area (Å²) < 4.78 is 16.4. The number of hydrogen-bond acceptors (Lipinski definition) is 4. The third-order valence-electron chi connectivity index (χ3n) is 4.50. The molecule has 0 bridgehead atoms. The Morgan fingerprint density at radius 2 is 1.83 bits per heavy atom. The Balaban J connectivity index is 1.60. The van der Waals surface area contributed by atoms with Crippen molar-refractivity contribution in [1.29, 1.82) is 0 Å². The van der Waals surface area contributed by atoms with E-state index in [4.69, 9.17) is 14.2 Å². The number of carbonyl (C=O) groups is 1. The highest BCUT2D eigenvalue weighted by molar-refractivity contribution is 5.84. The summed E-state index contributed by atoms with van der Waals surface area (Å²) in [6.45, 7) is 2.86. The second kappa shape index (κ2) is 7.05. The summed E-state index contributed by atoms with van der Waals surface area (Å²) in [5, 5.41) is 0. The van der Waals surface area contributed by atoms with Crippen molar-refractivity contribution < 1.29 is 19.0 Å². The van der Waals surface area contributed by atoms with Crippen LogP contribution in [0.3, 0.4) is 0 Å². The molecular formula is C20H22O4. The molecule has 1 fully saturated rings. The zero-order valence-electron chi connectivity index (χ0n) is 14.0. The predicted molar refractivity (Wildman–Crippen MR) is 90.9 cm³/mol. The van der Waals surface area contributed by atoms with Gasteiger partial charge in [-0.15, -0.1) is 0 Å². The summed E-state index contributed by atoms with van der Waals surface area (Å²) in [4.78, 5) is 12.4. The zero-order valence-corrected chi connectivity index (χ0v) is 14.0. The van der Waals surface area contributed by atoms with Crippen LogP contribution in [0.2, 0.25) is 0 Å². The maximum Gasteiger partial charge on any atom is 0.316 e. The second-order valence-corrected chi connectivity index (χ2v) is 6.29. The van der Waals surface area contributed by atoms with Gasteiger partial charge in [0, 0.05) is 6.42 Å². The van der Waals surface area contributed by atoms with Crippen molar-refractivity contribution in [2.75, 3.05) is 13.7 Å². The summed E-state index contributed by atoms with van der Waals surface area (Å²) in [5.74, 6) is 0.581. The third-order valence-corrected chi connectivity index (χ3v) is 4.50. The summed E-state index contributed by atoms with van der Waals surface area (Å²) in [7, 11) is 1.63. The SMILES string of the molecule is COc1ccc([C@]2(C)C[C@H](COCc3ccccc3)OC2=O)cc1. The third kappa shape index (κ3) is 3.44. The van der Waals surface area contributed by atoms with Crippen molar-refractivity contribution in [3.63, 3.8) is 0 Å². The van der Waals surface area contributed by atoms with Gasteiger partial charge in [0.2, 0.25) is 0 Å². The normalized spacial score (nSPS) is 23.1. The molecule has 126 valence electrons. The van der Waals surface area contributed by atoms with Crippen LogP contribution in [0.25, 0.3) is 0 Å². The Morgan fingerprint density at radius 3 is 2.50 bits per heavy atom. The summed E-state index contributed by atoms with van der Waals surface area (Å²) in [5.41, 5.74) is 1.42. The quantitative estimate of drug-likeness (QED) is 0.762. The molecule has 24 heavy (non-hydrogen) atoms. The average molecular weight is 326 g/mol. The molecule has 2 aromatic rings. The number of rotatable bonds is 6. The molecule has 0 aliphatic carbocycles. The van der Waals surface area contributed by atoms with Gasteiger partial charge in [-0.3, -0.25) is 4.79 Å². The molecule has 0 aromatic heterocycles. The molecule has 0 unspecified atom stereocenters.